The van der Waals surface area contributed by atoms with Crippen LogP contribution in [0.15, 0.2) is 83.9 Å². The average molecular weight is 699 g/mol. The average Bonchev–Trinajstić information content (AvgIpc) is 3.60. The number of nitriles is 6. The largest absolute Gasteiger partial charge is 0.573 e. The van der Waals surface area contributed by atoms with Gasteiger partial charge in [0.2, 0.25) is 0 Å². The maximum Gasteiger partial charge on any atom is 0.573 e. The number of halogens is 6. The molecule has 0 N–H and O–H groups in total. The lowest BCUT2D eigenvalue weighted by molar-refractivity contribution is -0.275. The van der Waals surface area contributed by atoms with E-state index >= 15 is 0 Å². The van der Waals surface area contributed by atoms with Crippen molar-refractivity contribution in [1.29, 1.82) is 31.6 Å². The van der Waals surface area contributed by atoms with E-state index in [-0.39, 0.29) is 66.8 Å². The van der Waals surface area contributed by atoms with E-state index in [1.807, 2.05) is 24.3 Å². The number of rotatable bonds is 4. The van der Waals surface area contributed by atoms with Crippen LogP contribution >= 0.6 is 0 Å². The van der Waals surface area contributed by atoms with Crippen molar-refractivity contribution < 1.29 is 35.8 Å². The van der Waals surface area contributed by atoms with E-state index in [1.54, 1.807) is 12.1 Å². The molecule has 8 nitrogen and oxygen atoms in total. The zero-order chi connectivity index (χ0) is 37.5. The van der Waals surface area contributed by atoms with Crippen LogP contribution in [0.25, 0.3) is 44.5 Å². The van der Waals surface area contributed by atoms with Crippen molar-refractivity contribution in [2.75, 3.05) is 0 Å². The van der Waals surface area contributed by atoms with Gasteiger partial charge in [-0.25, -0.2) is 0 Å². The van der Waals surface area contributed by atoms with Gasteiger partial charge in [0.1, 0.15) is 46.9 Å². The Morgan fingerprint density at radius 1 is 0.442 bits per heavy atom. The molecule has 6 rings (SSSR count). The van der Waals surface area contributed by atoms with Crippen molar-refractivity contribution >= 4 is 22.3 Å². The Kier molecular flexibility index (Phi) is 8.26. The van der Waals surface area contributed by atoms with Crippen LogP contribution in [0.5, 0.6) is 11.5 Å². The molecule has 0 fully saturated rings. The van der Waals surface area contributed by atoms with Gasteiger partial charge in [0, 0.05) is 33.4 Å². The van der Waals surface area contributed by atoms with Crippen LogP contribution in [0.3, 0.4) is 0 Å². The van der Waals surface area contributed by atoms with Crippen molar-refractivity contribution in [2.24, 2.45) is 0 Å². The molecule has 248 valence electrons. The third-order valence-electron chi connectivity index (χ3n) is 8.11. The molecule has 0 aromatic heterocycles. The molecule has 0 amide bonds. The molecule has 0 heterocycles. The number of nitrogens with zero attached hydrogens (tertiary/aromatic N) is 6. The van der Waals surface area contributed by atoms with Crippen molar-refractivity contribution in [3.63, 3.8) is 0 Å². The highest BCUT2D eigenvalue weighted by Gasteiger charge is 2.41. The fraction of sp³-hybridized carbons (Fsp3) is 0.0526. The standard InChI is InChI=1S/C38H12F6N6O2/c39-37(40,41)51-31-9-19(13-45)1-5-25(31)21-3-7-27-29(11-21)33(23(15-47)16-48)36-28-8-4-22(12-30(28)34(35(27)36)24(17-49)18-50)26-6-2-20(14-46)10-32(26)52-38(42,43)44/h1-12H. The fourth-order valence-corrected chi connectivity index (χ4v) is 6.20. The van der Waals surface area contributed by atoms with E-state index in [0.717, 1.165) is 12.1 Å². The molecule has 0 spiro atoms. The minimum atomic E-state index is -5.12. The van der Waals surface area contributed by atoms with Gasteiger partial charge in [-0.1, -0.05) is 24.3 Å². The van der Waals surface area contributed by atoms with E-state index < -0.39 is 35.4 Å². The van der Waals surface area contributed by atoms with Gasteiger partial charge in [-0.2, -0.15) is 31.6 Å². The summed E-state index contributed by atoms with van der Waals surface area (Å²) in [6.45, 7) is 0. The summed E-state index contributed by atoms with van der Waals surface area (Å²) in [7, 11) is 0. The molecule has 14 heteroatoms. The van der Waals surface area contributed by atoms with Crippen molar-refractivity contribution in [3.05, 3.63) is 117 Å². The Morgan fingerprint density at radius 3 is 1.10 bits per heavy atom. The van der Waals surface area contributed by atoms with Crippen molar-refractivity contribution in [1.82, 2.24) is 0 Å². The predicted octanol–water partition coefficient (Wildman–Crippen LogP) is 9.10. The van der Waals surface area contributed by atoms with Crippen LogP contribution in [-0.4, -0.2) is 12.7 Å². The van der Waals surface area contributed by atoms with Crippen LogP contribution < -0.4 is 9.47 Å². The molecule has 2 aliphatic carbocycles. The number of ether oxygens (including phenoxy) is 2. The van der Waals surface area contributed by atoms with Crippen LogP contribution in [0, 0.1) is 68.0 Å². The molecule has 0 saturated heterocycles. The first-order chi connectivity index (χ1) is 24.7. The Morgan fingerprint density at radius 2 is 0.788 bits per heavy atom. The maximum atomic E-state index is 13.4. The molecule has 52 heavy (non-hydrogen) atoms. The van der Waals surface area contributed by atoms with Gasteiger partial charge in [0.25, 0.3) is 0 Å². The third-order valence-corrected chi connectivity index (χ3v) is 8.11. The van der Waals surface area contributed by atoms with E-state index in [4.69, 9.17) is 0 Å². The lowest BCUT2D eigenvalue weighted by Crippen LogP contribution is -2.17. The molecule has 2 aliphatic rings. The molecule has 0 bridgehead atoms. The first-order valence-corrected chi connectivity index (χ1v) is 14.5. The molecule has 0 unspecified atom stereocenters. The van der Waals surface area contributed by atoms with Crippen molar-refractivity contribution in [3.8, 4) is 70.2 Å². The molecule has 0 atom stereocenters. The normalized spacial score (nSPS) is 12.5. The summed E-state index contributed by atoms with van der Waals surface area (Å²) in [6.07, 6.45) is -10.2. The molecule has 4 aromatic rings. The van der Waals surface area contributed by atoms with Gasteiger partial charge in [0.05, 0.1) is 23.3 Å². The van der Waals surface area contributed by atoms with Crippen LogP contribution in [0.4, 0.5) is 26.3 Å². The second kappa shape index (κ2) is 12.6. The Hall–Kier alpha value is -7.78. The minimum Gasteiger partial charge on any atom is -0.405 e. The first-order valence-electron chi connectivity index (χ1n) is 14.5. The number of hydrogen-bond donors (Lipinski definition) is 0. The molecular weight excluding hydrogens is 686 g/mol. The van der Waals surface area contributed by atoms with E-state index in [1.165, 1.54) is 60.7 Å². The van der Waals surface area contributed by atoms with E-state index in [9.17, 15) is 57.9 Å². The summed E-state index contributed by atoms with van der Waals surface area (Å²) in [5, 5.41) is 58.7. The second-order valence-corrected chi connectivity index (χ2v) is 11.0. The smallest absolute Gasteiger partial charge is 0.405 e. The summed E-state index contributed by atoms with van der Waals surface area (Å²) in [6, 6.07) is 26.2. The number of alkyl halides is 6. The zero-order valence-electron chi connectivity index (χ0n) is 25.7. The van der Waals surface area contributed by atoms with E-state index in [2.05, 4.69) is 9.47 Å². The van der Waals surface area contributed by atoms with Gasteiger partial charge in [-0.05, 0) is 81.9 Å². The number of benzene rings is 4. The van der Waals surface area contributed by atoms with Gasteiger partial charge >= 0.3 is 12.7 Å². The third kappa shape index (κ3) is 5.90. The summed E-state index contributed by atoms with van der Waals surface area (Å²) < 4.78 is 88.7. The summed E-state index contributed by atoms with van der Waals surface area (Å²) in [5.41, 5.74) is 0.492. The van der Waals surface area contributed by atoms with Gasteiger partial charge in [0.15, 0.2) is 0 Å². The number of hydrogen-bond acceptors (Lipinski definition) is 8. The van der Waals surface area contributed by atoms with Crippen molar-refractivity contribution in [2.45, 2.75) is 12.7 Å². The van der Waals surface area contributed by atoms with Crippen LogP contribution in [0.1, 0.15) is 33.4 Å². The minimum absolute atomic E-state index is 0.0301. The topological polar surface area (TPSA) is 161 Å². The molecular formula is C38H12F6N6O2. The zero-order valence-corrected chi connectivity index (χ0v) is 25.7. The lowest BCUT2D eigenvalue weighted by Gasteiger charge is -2.17. The van der Waals surface area contributed by atoms with Crippen LogP contribution in [-0.2, 0) is 0 Å². The number of allylic oxidation sites excluding steroid dienone is 6. The fourth-order valence-electron chi connectivity index (χ4n) is 6.20. The highest BCUT2D eigenvalue weighted by atomic mass is 19.4. The second-order valence-electron chi connectivity index (χ2n) is 11.0. The molecule has 0 aliphatic heterocycles. The maximum absolute atomic E-state index is 13.4. The summed E-state index contributed by atoms with van der Waals surface area (Å²) >= 11 is 0. The first kappa shape index (κ1) is 34.1. The van der Waals surface area contributed by atoms with Crippen LogP contribution in [0.2, 0.25) is 0 Å². The Labute approximate surface area is 289 Å². The molecule has 0 saturated carbocycles. The highest BCUT2D eigenvalue weighted by Crippen LogP contribution is 2.60. The summed E-state index contributed by atoms with van der Waals surface area (Å²) in [4.78, 5) is 0. The molecule has 0 radical (unpaired) electrons. The monoisotopic (exact) mass is 698 g/mol. The lowest BCUT2D eigenvalue weighted by atomic mass is 9.86. The quantitative estimate of drug-likeness (QED) is 0.151. The van der Waals surface area contributed by atoms with E-state index in [0.29, 0.717) is 11.1 Å². The Balaban J connectivity index is 1.60. The number of fused-ring (bicyclic) bond motifs is 4. The molecule has 4 aromatic carbocycles. The SMILES string of the molecule is N#CC(C#N)=C1C2=C(C(=C(C#N)C#N)c3cc(-c4ccc(C#N)cc4OC(F)(F)F)ccc32)c2ccc(-c3ccc(C#N)cc3OC(F)(F)F)cc21. The summed E-state index contributed by atoms with van der Waals surface area (Å²) in [5.74, 6) is -1.38. The van der Waals surface area contributed by atoms with Gasteiger partial charge in [-0.3, -0.25) is 0 Å². The Bertz CT molecular complexity index is 2410. The van der Waals surface area contributed by atoms with Gasteiger partial charge < -0.3 is 9.47 Å². The predicted molar refractivity (Wildman–Crippen MR) is 170 cm³/mol. The highest BCUT2D eigenvalue weighted by molar-refractivity contribution is 6.38. The van der Waals surface area contributed by atoms with Gasteiger partial charge in [-0.15, -0.1) is 26.3 Å².